The van der Waals surface area contributed by atoms with E-state index in [0.717, 1.165) is 0 Å². The molecular formula is C16H26F2N4O3S. The summed E-state index contributed by atoms with van der Waals surface area (Å²) >= 11 is 0. The molecule has 1 aliphatic rings. The van der Waals surface area contributed by atoms with Gasteiger partial charge in [-0.05, 0) is 26.2 Å². The van der Waals surface area contributed by atoms with Crippen LogP contribution in [0.1, 0.15) is 32.0 Å². The second-order valence-electron chi connectivity index (χ2n) is 6.59. The molecule has 0 radical (unpaired) electrons. The van der Waals surface area contributed by atoms with Gasteiger partial charge in [-0.3, -0.25) is 4.79 Å². The number of alkyl halides is 2. The molecule has 26 heavy (non-hydrogen) atoms. The van der Waals surface area contributed by atoms with Crippen LogP contribution in [0.2, 0.25) is 0 Å². The van der Waals surface area contributed by atoms with E-state index in [0.29, 0.717) is 25.1 Å². The minimum absolute atomic E-state index is 0.00686. The number of sulfonamides is 1. The van der Waals surface area contributed by atoms with Gasteiger partial charge >= 0.3 is 0 Å². The Morgan fingerprint density at radius 1 is 1.38 bits per heavy atom. The topological polar surface area (TPSA) is 75.5 Å². The van der Waals surface area contributed by atoms with Crippen molar-refractivity contribution < 1.29 is 22.0 Å². The van der Waals surface area contributed by atoms with Gasteiger partial charge in [0.2, 0.25) is 5.91 Å². The minimum atomic E-state index is -3.71. The molecule has 0 aromatic carbocycles. The van der Waals surface area contributed by atoms with Crippen molar-refractivity contribution in [2.24, 2.45) is 13.0 Å². The van der Waals surface area contributed by atoms with E-state index in [9.17, 15) is 22.0 Å². The fourth-order valence-corrected chi connectivity index (χ4v) is 4.61. The molecule has 148 valence electrons. The fourth-order valence-electron chi connectivity index (χ4n) is 3.11. The van der Waals surface area contributed by atoms with Gasteiger partial charge in [0.15, 0.2) is 5.03 Å². The summed E-state index contributed by atoms with van der Waals surface area (Å²) in [5.41, 5.74) is 0. The summed E-state index contributed by atoms with van der Waals surface area (Å²) in [6, 6.07) is 0. The Balaban J connectivity index is 2.02. The summed E-state index contributed by atoms with van der Waals surface area (Å²) in [7, 11) is -1.99. The maximum absolute atomic E-state index is 12.7. The summed E-state index contributed by atoms with van der Waals surface area (Å²) in [5.74, 6) is -0.133. The zero-order chi connectivity index (χ0) is 19.5. The molecule has 0 saturated carbocycles. The minimum Gasteiger partial charge on any atom is -0.337 e. The summed E-state index contributed by atoms with van der Waals surface area (Å²) in [4.78, 5) is 17.8. The lowest BCUT2D eigenvalue weighted by Gasteiger charge is -2.33. The Morgan fingerprint density at radius 2 is 2.00 bits per heavy atom. The van der Waals surface area contributed by atoms with Crippen molar-refractivity contribution in [2.75, 3.05) is 26.2 Å². The van der Waals surface area contributed by atoms with Crippen LogP contribution < -0.4 is 0 Å². The molecule has 0 N–H and O–H groups in total. The van der Waals surface area contributed by atoms with Gasteiger partial charge in [-0.2, -0.15) is 4.31 Å². The Morgan fingerprint density at radius 3 is 2.46 bits per heavy atom. The average molecular weight is 392 g/mol. The van der Waals surface area contributed by atoms with Crippen LogP contribution in [0.5, 0.6) is 0 Å². The van der Waals surface area contributed by atoms with Crippen LogP contribution in [0.3, 0.4) is 0 Å². The van der Waals surface area contributed by atoms with E-state index < -0.39 is 28.9 Å². The summed E-state index contributed by atoms with van der Waals surface area (Å²) in [5, 5.41) is -0.00686. The van der Waals surface area contributed by atoms with Crippen molar-refractivity contribution in [1.29, 1.82) is 0 Å². The third-order valence-electron chi connectivity index (χ3n) is 4.66. The molecule has 1 aliphatic heterocycles. The first-order valence-electron chi connectivity index (χ1n) is 8.73. The number of amides is 1. The maximum atomic E-state index is 12.7. The Labute approximate surface area is 153 Å². The molecule has 0 atom stereocenters. The molecular weight excluding hydrogens is 366 g/mol. The molecule has 2 heterocycles. The number of piperidine rings is 1. The van der Waals surface area contributed by atoms with Crippen LogP contribution in [-0.2, 0) is 21.9 Å². The number of nitrogens with zero attached hydrogens (tertiary/aromatic N) is 4. The van der Waals surface area contributed by atoms with Gasteiger partial charge in [0.05, 0.1) is 6.54 Å². The van der Waals surface area contributed by atoms with Crippen LogP contribution in [0.4, 0.5) is 8.78 Å². The van der Waals surface area contributed by atoms with Crippen LogP contribution in [0.15, 0.2) is 11.2 Å². The van der Waals surface area contributed by atoms with Crippen molar-refractivity contribution in [2.45, 2.75) is 44.6 Å². The number of aromatic nitrogens is 2. The molecule has 0 aliphatic carbocycles. The molecule has 0 spiro atoms. The van der Waals surface area contributed by atoms with Crippen LogP contribution in [0, 0.1) is 12.8 Å². The van der Waals surface area contributed by atoms with Crippen LogP contribution in [-0.4, -0.2) is 65.7 Å². The van der Waals surface area contributed by atoms with E-state index in [1.54, 1.807) is 18.5 Å². The second-order valence-corrected chi connectivity index (χ2v) is 8.48. The number of imidazole rings is 1. The SMILES string of the molecule is CCCN(CC(F)F)C(=O)C1CCN(S(=O)(=O)c2cn(C)c(C)n2)CC1. The lowest BCUT2D eigenvalue weighted by molar-refractivity contribution is -0.138. The number of halogens is 2. The molecule has 10 heteroatoms. The Bertz CT molecular complexity index is 708. The van der Waals surface area contributed by atoms with E-state index in [4.69, 9.17) is 0 Å². The first-order chi connectivity index (χ1) is 12.2. The van der Waals surface area contributed by atoms with Gasteiger partial charge < -0.3 is 9.47 Å². The third kappa shape index (κ3) is 4.59. The highest BCUT2D eigenvalue weighted by Gasteiger charge is 2.35. The van der Waals surface area contributed by atoms with Crippen molar-refractivity contribution in [3.63, 3.8) is 0 Å². The van der Waals surface area contributed by atoms with E-state index in [1.165, 1.54) is 15.4 Å². The molecule has 1 saturated heterocycles. The van der Waals surface area contributed by atoms with Crippen molar-refractivity contribution >= 4 is 15.9 Å². The monoisotopic (exact) mass is 392 g/mol. The maximum Gasteiger partial charge on any atom is 0.262 e. The normalized spacial score (nSPS) is 17.0. The van der Waals surface area contributed by atoms with Gasteiger partial charge in [-0.25, -0.2) is 22.2 Å². The Hall–Kier alpha value is -1.55. The quantitative estimate of drug-likeness (QED) is 0.707. The smallest absolute Gasteiger partial charge is 0.262 e. The zero-order valence-corrected chi connectivity index (χ0v) is 16.2. The molecule has 1 aromatic heterocycles. The lowest BCUT2D eigenvalue weighted by atomic mass is 9.96. The molecule has 0 unspecified atom stereocenters. The summed E-state index contributed by atoms with van der Waals surface area (Å²) < 4.78 is 53.7. The molecule has 2 rings (SSSR count). The highest BCUT2D eigenvalue weighted by molar-refractivity contribution is 7.89. The van der Waals surface area contributed by atoms with Crippen molar-refractivity contribution in [1.82, 2.24) is 18.8 Å². The highest BCUT2D eigenvalue weighted by atomic mass is 32.2. The zero-order valence-electron chi connectivity index (χ0n) is 15.4. The summed E-state index contributed by atoms with van der Waals surface area (Å²) in [6.07, 6.45) is 0.150. The molecule has 1 fully saturated rings. The second kappa shape index (κ2) is 8.43. The van der Waals surface area contributed by atoms with E-state index in [-0.39, 0.29) is 30.6 Å². The van der Waals surface area contributed by atoms with Gasteiger partial charge in [-0.1, -0.05) is 6.92 Å². The van der Waals surface area contributed by atoms with E-state index >= 15 is 0 Å². The highest BCUT2D eigenvalue weighted by Crippen LogP contribution is 2.25. The average Bonchev–Trinajstić information content (AvgIpc) is 2.93. The van der Waals surface area contributed by atoms with Crippen molar-refractivity contribution in [3.8, 4) is 0 Å². The number of carbonyl (C=O) groups excluding carboxylic acids is 1. The number of aryl methyl sites for hydroxylation is 2. The van der Waals surface area contributed by atoms with Gasteiger partial charge in [0.1, 0.15) is 5.82 Å². The number of hydrogen-bond acceptors (Lipinski definition) is 4. The van der Waals surface area contributed by atoms with Crippen LogP contribution >= 0.6 is 0 Å². The largest absolute Gasteiger partial charge is 0.337 e. The molecule has 1 amide bonds. The standard InChI is InChI=1S/C16H26F2N4O3S/c1-4-7-21(10-14(17)18)16(23)13-5-8-22(9-6-13)26(24,25)15-11-20(3)12(2)19-15/h11,13-14H,4-10H2,1-3H3. The Kier molecular flexibility index (Phi) is 6.73. The number of hydrogen-bond donors (Lipinski definition) is 0. The molecule has 1 aromatic rings. The van der Waals surface area contributed by atoms with Gasteiger partial charge in [0, 0.05) is 38.8 Å². The third-order valence-corrected chi connectivity index (χ3v) is 6.43. The number of carbonyl (C=O) groups is 1. The lowest BCUT2D eigenvalue weighted by Crippen LogP contribution is -2.45. The molecule has 7 nitrogen and oxygen atoms in total. The van der Waals surface area contributed by atoms with Crippen molar-refractivity contribution in [3.05, 3.63) is 12.0 Å². The predicted octanol–water partition coefficient (Wildman–Crippen LogP) is 1.63. The first-order valence-corrected chi connectivity index (χ1v) is 10.2. The molecule has 0 bridgehead atoms. The van der Waals surface area contributed by atoms with Gasteiger partial charge in [-0.15, -0.1) is 0 Å². The first kappa shape index (κ1) is 20.8. The summed E-state index contributed by atoms with van der Waals surface area (Å²) in [6.45, 7) is 3.63. The fraction of sp³-hybridized carbons (Fsp3) is 0.750. The van der Waals surface area contributed by atoms with Crippen LogP contribution in [0.25, 0.3) is 0 Å². The van der Waals surface area contributed by atoms with Gasteiger partial charge in [0.25, 0.3) is 16.4 Å². The number of rotatable bonds is 7. The van der Waals surface area contributed by atoms with E-state index in [2.05, 4.69) is 4.98 Å². The van der Waals surface area contributed by atoms with E-state index in [1.807, 2.05) is 6.92 Å². The predicted molar refractivity (Wildman–Crippen MR) is 92.3 cm³/mol.